The molecule has 0 spiro atoms. The molecule has 3 N–H and O–H groups in total. The first kappa shape index (κ1) is 16.0. The van der Waals surface area contributed by atoms with Crippen LogP contribution >= 0.6 is 24.0 Å². The second-order valence-electron chi connectivity index (χ2n) is 4.34. The van der Waals surface area contributed by atoms with Crippen LogP contribution in [0, 0.1) is 5.92 Å². The number of para-hydroxylation sites is 1. The number of anilines is 1. The zero-order valence-electron chi connectivity index (χ0n) is 10.8. The predicted octanol–water partition coefficient (Wildman–Crippen LogP) is 2.62. The normalized spacial score (nSPS) is 22.6. The molecule has 1 aliphatic rings. The lowest BCUT2D eigenvalue weighted by Gasteiger charge is -2.12. The van der Waals surface area contributed by atoms with Crippen molar-refractivity contribution in [2.45, 2.75) is 12.5 Å². The Balaban J connectivity index is 0.00000180. The number of guanidine groups is 1. The van der Waals surface area contributed by atoms with Gasteiger partial charge in [0, 0.05) is 24.8 Å². The second kappa shape index (κ2) is 8.16. The van der Waals surface area contributed by atoms with Gasteiger partial charge in [-0.05, 0) is 18.6 Å². The Morgan fingerprint density at radius 1 is 1.47 bits per heavy atom. The number of hydrogen-bond acceptors (Lipinski definition) is 2. The Hall–Kier alpha value is -1.08. The van der Waals surface area contributed by atoms with Gasteiger partial charge < -0.3 is 15.8 Å². The van der Waals surface area contributed by atoms with Crippen molar-refractivity contribution in [2.24, 2.45) is 16.6 Å². The Morgan fingerprint density at radius 2 is 2.21 bits per heavy atom. The lowest BCUT2D eigenvalue weighted by atomic mass is 10.0. The number of aliphatic imine (C=N–C) groups is 1. The summed E-state index contributed by atoms with van der Waals surface area (Å²) in [4.78, 5) is 4.36. The molecule has 5 heteroatoms. The number of ether oxygens (including phenoxy) is 1. The van der Waals surface area contributed by atoms with Crippen molar-refractivity contribution < 1.29 is 4.74 Å². The minimum atomic E-state index is 0. The van der Waals surface area contributed by atoms with Crippen LogP contribution in [0.1, 0.15) is 6.42 Å². The molecule has 1 saturated heterocycles. The van der Waals surface area contributed by atoms with Crippen LogP contribution in [0.25, 0.3) is 0 Å². The van der Waals surface area contributed by atoms with Crippen molar-refractivity contribution in [3.05, 3.63) is 43.0 Å². The van der Waals surface area contributed by atoms with Gasteiger partial charge in [-0.25, -0.2) is 0 Å². The maximum Gasteiger partial charge on any atom is 0.193 e. The minimum Gasteiger partial charge on any atom is -0.374 e. The fourth-order valence-corrected chi connectivity index (χ4v) is 2.04. The van der Waals surface area contributed by atoms with Gasteiger partial charge in [0.1, 0.15) is 0 Å². The topological polar surface area (TPSA) is 59.6 Å². The van der Waals surface area contributed by atoms with Crippen LogP contribution in [-0.2, 0) is 4.74 Å². The molecule has 0 saturated carbocycles. The maximum atomic E-state index is 5.84. The Bertz CT molecular complexity index is 422. The molecule has 0 aliphatic carbocycles. The molecule has 104 valence electrons. The summed E-state index contributed by atoms with van der Waals surface area (Å²) >= 11 is 0. The Kier molecular flexibility index (Phi) is 6.86. The average molecular weight is 373 g/mol. The van der Waals surface area contributed by atoms with Crippen molar-refractivity contribution >= 4 is 35.6 Å². The highest BCUT2D eigenvalue weighted by atomic mass is 127. The molecular formula is C14H20IN3O. The van der Waals surface area contributed by atoms with Gasteiger partial charge in [-0.3, -0.25) is 4.99 Å². The molecule has 0 bridgehead atoms. The second-order valence-corrected chi connectivity index (χ2v) is 4.34. The predicted molar refractivity (Wildman–Crippen MR) is 90.0 cm³/mol. The van der Waals surface area contributed by atoms with Gasteiger partial charge in [-0.1, -0.05) is 24.3 Å². The highest BCUT2D eigenvalue weighted by molar-refractivity contribution is 14.0. The molecule has 1 aromatic carbocycles. The van der Waals surface area contributed by atoms with Gasteiger partial charge >= 0.3 is 0 Å². The van der Waals surface area contributed by atoms with Crippen molar-refractivity contribution in [2.75, 3.05) is 18.5 Å². The Labute approximate surface area is 131 Å². The summed E-state index contributed by atoms with van der Waals surface area (Å²) in [5, 5.41) is 3.06. The summed E-state index contributed by atoms with van der Waals surface area (Å²) in [5.41, 5.74) is 6.79. The molecule has 0 aromatic heterocycles. The zero-order valence-corrected chi connectivity index (χ0v) is 13.1. The van der Waals surface area contributed by atoms with E-state index in [1.807, 2.05) is 36.4 Å². The molecule has 2 atom stereocenters. The molecular weight excluding hydrogens is 353 g/mol. The van der Waals surface area contributed by atoms with E-state index < -0.39 is 0 Å². The Morgan fingerprint density at radius 3 is 2.89 bits per heavy atom. The van der Waals surface area contributed by atoms with E-state index in [0.717, 1.165) is 18.7 Å². The summed E-state index contributed by atoms with van der Waals surface area (Å²) in [6.45, 7) is 5.22. The number of nitrogens with two attached hydrogens (primary N) is 1. The summed E-state index contributed by atoms with van der Waals surface area (Å²) in [6, 6.07) is 9.77. The van der Waals surface area contributed by atoms with E-state index in [2.05, 4.69) is 16.9 Å². The van der Waals surface area contributed by atoms with Crippen molar-refractivity contribution in [1.29, 1.82) is 0 Å². The molecule has 2 rings (SSSR count). The third-order valence-corrected chi connectivity index (χ3v) is 3.04. The fourth-order valence-electron chi connectivity index (χ4n) is 2.04. The quantitative estimate of drug-likeness (QED) is 0.369. The van der Waals surface area contributed by atoms with E-state index in [9.17, 15) is 0 Å². The standard InChI is InChI=1S/C14H19N3O.HI/c1-2-13-11(8-9-18-13)10-16-14(15)17-12-6-4-3-5-7-12;/h2-7,11,13H,1,8-10H2,(H3,15,16,17);1H/t11-,13-;/m0./s1. The van der Waals surface area contributed by atoms with E-state index in [4.69, 9.17) is 10.5 Å². The number of rotatable bonds is 4. The highest BCUT2D eigenvalue weighted by Crippen LogP contribution is 2.21. The number of nitrogens with zero attached hydrogens (tertiary/aromatic N) is 1. The smallest absolute Gasteiger partial charge is 0.193 e. The first-order valence-electron chi connectivity index (χ1n) is 6.15. The maximum absolute atomic E-state index is 5.84. The van der Waals surface area contributed by atoms with Gasteiger partial charge in [-0.2, -0.15) is 0 Å². The number of halogens is 1. The van der Waals surface area contributed by atoms with Gasteiger partial charge in [0.25, 0.3) is 0 Å². The lowest BCUT2D eigenvalue weighted by Crippen LogP contribution is -2.25. The monoisotopic (exact) mass is 373 g/mol. The van der Waals surface area contributed by atoms with Crippen molar-refractivity contribution in [1.82, 2.24) is 0 Å². The third-order valence-electron chi connectivity index (χ3n) is 3.04. The van der Waals surface area contributed by atoms with E-state index in [-0.39, 0.29) is 30.1 Å². The zero-order chi connectivity index (χ0) is 12.8. The van der Waals surface area contributed by atoms with Gasteiger partial charge in [0.05, 0.1) is 6.10 Å². The molecule has 1 fully saturated rings. The van der Waals surface area contributed by atoms with Crippen LogP contribution in [0.3, 0.4) is 0 Å². The van der Waals surface area contributed by atoms with E-state index in [0.29, 0.717) is 18.4 Å². The summed E-state index contributed by atoms with van der Waals surface area (Å²) in [6.07, 6.45) is 2.96. The van der Waals surface area contributed by atoms with Gasteiger partial charge in [-0.15, -0.1) is 30.6 Å². The lowest BCUT2D eigenvalue weighted by molar-refractivity contribution is 0.129. The molecule has 0 amide bonds. The molecule has 1 aliphatic heterocycles. The van der Waals surface area contributed by atoms with Crippen LogP contribution in [-0.4, -0.2) is 25.2 Å². The third kappa shape index (κ3) is 4.83. The highest BCUT2D eigenvalue weighted by Gasteiger charge is 2.25. The van der Waals surface area contributed by atoms with Crippen molar-refractivity contribution in [3.8, 4) is 0 Å². The van der Waals surface area contributed by atoms with Crippen LogP contribution in [0.15, 0.2) is 48.0 Å². The number of benzene rings is 1. The first-order chi connectivity index (χ1) is 8.79. The summed E-state index contributed by atoms with van der Waals surface area (Å²) < 4.78 is 5.52. The fraction of sp³-hybridized carbons (Fsp3) is 0.357. The molecule has 1 aromatic rings. The van der Waals surface area contributed by atoms with E-state index in [1.165, 1.54) is 0 Å². The molecule has 19 heavy (non-hydrogen) atoms. The van der Waals surface area contributed by atoms with E-state index in [1.54, 1.807) is 0 Å². The summed E-state index contributed by atoms with van der Waals surface area (Å²) in [7, 11) is 0. The van der Waals surface area contributed by atoms with E-state index >= 15 is 0 Å². The van der Waals surface area contributed by atoms with Gasteiger partial charge in [0.2, 0.25) is 0 Å². The number of nitrogens with one attached hydrogen (secondary N) is 1. The van der Waals surface area contributed by atoms with Gasteiger partial charge in [0.15, 0.2) is 5.96 Å². The van der Waals surface area contributed by atoms with Crippen LogP contribution in [0.2, 0.25) is 0 Å². The average Bonchev–Trinajstić information content (AvgIpc) is 2.85. The van der Waals surface area contributed by atoms with Crippen molar-refractivity contribution in [3.63, 3.8) is 0 Å². The minimum absolute atomic E-state index is 0. The van der Waals surface area contributed by atoms with Crippen LogP contribution in [0.5, 0.6) is 0 Å². The first-order valence-corrected chi connectivity index (χ1v) is 6.15. The van der Waals surface area contributed by atoms with Crippen LogP contribution < -0.4 is 11.1 Å². The molecule has 0 radical (unpaired) electrons. The van der Waals surface area contributed by atoms with Crippen LogP contribution in [0.4, 0.5) is 5.69 Å². The SMILES string of the molecule is C=C[C@@H]1OCC[C@H]1CN=C(N)Nc1ccccc1.I. The number of hydrogen-bond donors (Lipinski definition) is 2. The molecule has 4 nitrogen and oxygen atoms in total. The largest absolute Gasteiger partial charge is 0.374 e. The molecule has 0 unspecified atom stereocenters. The summed E-state index contributed by atoms with van der Waals surface area (Å²) in [5.74, 6) is 0.828. The molecule has 1 heterocycles.